The van der Waals surface area contributed by atoms with Crippen LogP contribution in [0.5, 0.6) is 0 Å². The topological polar surface area (TPSA) is 71.0 Å². The molecule has 2 aromatic rings. The average molecular weight is 411 g/mol. The van der Waals surface area contributed by atoms with Gasteiger partial charge in [0.25, 0.3) is 0 Å². The number of hydrogen-bond acceptors (Lipinski definition) is 4. The van der Waals surface area contributed by atoms with Gasteiger partial charge in [0.1, 0.15) is 36.0 Å². The molecule has 0 amide bonds. The third-order valence-corrected chi connectivity index (χ3v) is 4.46. The predicted molar refractivity (Wildman–Crippen MR) is 85.9 cm³/mol. The van der Waals surface area contributed by atoms with Crippen molar-refractivity contribution in [1.29, 1.82) is 0 Å². The zero-order valence-corrected chi connectivity index (χ0v) is 15.0. The second kappa shape index (κ2) is 8.08. The highest BCUT2D eigenvalue weighted by Gasteiger charge is 2.48. The Morgan fingerprint density at radius 1 is 1.18 bits per heavy atom. The molecule has 5 nitrogen and oxygen atoms in total. The fourth-order valence-corrected chi connectivity index (χ4v) is 2.71. The van der Waals surface area contributed by atoms with Gasteiger partial charge >= 0.3 is 12.3 Å². The highest BCUT2D eigenvalue weighted by molar-refractivity contribution is 5.29. The van der Waals surface area contributed by atoms with Gasteiger partial charge < -0.3 is 9.84 Å². The van der Waals surface area contributed by atoms with Crippen LogP contribution < -0.4 is 0 Å². The maximum Gasteiger partial charge on any atom is 0.330 e. The molecule has 156 valence electrons. The van der Waals surface area contributed by atoms with Crippen molar-refractivity contribution in [2.45, 2.75) is 38.2 Å². The van der Waals surface area contributed by atoms with E-state index in [1.54, 1.807) is 0 Å². The van der Waals surface area contributed by atoms with E-state index in [0.29, 0.717) is 6.07 Å². The van der Waals surface area contributed by atoms with Crippen LogP contribution in [0.1, 0.15) is 25.2 Å². The van der Waals surface area contributed by atoms with Crippen molar-refractivity contribution in [3.05, 3.63) is 47.5 Å². The Hall–Kier alpha value is -2.14. The Morgan fingerprint density at radius 2 is 1.86 bits per heavy atom. The molecule has 1 aromatic heterocycles. The quantitative estimate of drug-likeness (QED) is 0.620. The first-order chi connectivity index (χ1) is 12.9. The molecular weight excluding hydrogens is 392 g/mol. The van der Waals surface area contributed by atoms with Gasteiger partial charge in [-0.3, -0.25) is 5.10 Å². The minimum absolute atomic E-state index is 0.136. The number of aromatic nitrogens is 3. The van der Waals surface area contributed by atoms with Crippen molar-refractivity contribution in [2.24, 2.45) is 5.41 Å². The molecule has 1 atom stereocenters. The van der Waals surface area contributed by atoms with Crippen molar-refractivity contribution in [2.75, 3.05) is 13.2 Å². The number of rotatable bonds is 9. The van der Waals surface area contributed by atoms with Crippen LogP contribution in [0.3, 0.4) is 0 Å². The van der Waals surface area contributed by atoms with E-state index in [4.69, 9.17) is 4.74 Å². The molecule has 28 heavy (non-hydrogen) atoms. The van der Waals surface area contributed by atoms with E-state index in [2.05, 4.69) is 15.2 Å². The summed E-state index contributed by atoms with van der Waals surface area (Å²) in [7, 11) is 0. The van der Waals surface area contributed by atoms with Gasteiger partial charge in [0, 0.05) is 23.5 Å². The first kappa shape index (κ1) is 22.2. The molecule has 0 saturated carbocycles. The Kier molecular flexibility index (Phi) is 6.39. The smallest absolute Gasteiger partial charge is 0.330 e. The summed E-state index contributed by atoms with van der Waals surface area (Å²) in [5, 5.41) is 17.4. The second-order valence-electron chi connectivity index (χ2n) is 7.03. The van der Waals surface area contributed by atoms with Crippen LogP contribution in [0.4, 0.5) is 26.3 Å². The highest BCUT2D eigenvalue weighted by atomic mass is 19.3. The molecule has 0 fully saturated rings. The Balaban J connectivity index is 2.34. The molecule has 0 spiro atoms. The number of alkyl halides is 4. The first-order valence-corrected chi connectivity index (χ1v) is 8.15. The Morgan fingerprint density at radius 3 is 2.39 bits per heavy atom. The molecule has 0 aliphatic rings. The maximum atomic E-state index is 14.4. The lowest BCUT2D eigenvalue weighted by Crippen LogP contribution is -2.48. The SMILES string of the molecule is CC(C)(COCC(F)(F)C(F)F)C(O)(Cc1ncn[nH]1)c1ccc(F)cc1F. The Bertz CT molecular complexity index is 785. The van der Waals surface area contributed by atoms with E-state index in [0.717, 1.165) is 18.5 Å². The van der Waals surface area contributed by atoms with Gasteiger partial charge in [-0.2, -0.15) is 13.9 Å². The molecule has 0 saturated heterocycles. The van der Waals surface area contributed by atoms with Crippen molar-refractivity contribution in [3.8, 4) is 0 Å². The first-order valence-electron chi connectivity index (χ1n) is 8.15. The van der Waals surface area contributed by atoms with E-state index in [1.165, 1.54) is 13.8 Å². The number of nitrogens with one attached hydrogen (secondary N) is 1. The number of nitrogens with zero attached hydrogens (tertiary/aromatic N) is 2. The number of H-pyrrole nitrogens is 1. The third-order valence-electron chi connectivity index (χ3n) is 4.46. The number of aliphatic hydroxyl groups is 1. The summed E-state index contributed by atoms with van der Waals surface area (Å²) >= 11 is 0. The predicted octanol–water partition coefficient (Wildman–Crippen LogP) is 3.46. The van der Waals surface area contributed by atoms with Gasteiger partial charge in [0.15, 0.2) is 0 Å². The lowest BCUT2D eigenvalue weighted by molar-refractivity contribution is -0.184. The van der Waals surface area contributed by atoms with E-state index >= 15 is 0 Å². The molecule has 1 unspecified atom stereocenters. The van der Waals surface area contributed by atoms with Crippen LogP contribution in [0.25, 0.3) is 0 Å². The molecule has 11 heteroatoms. The van der Waals surface area contributed by atoms with Crippen molar-refractivity contribution in [3.63, 3.8) is 0 Å². The summed E-state index contributed by atoms with van der Waals surface area (Å²) in [5.74, 6) is -6.20. The van der Waals surface area contributed by atoms with E-state index < -0.39 is 48.2 Å². The lowest BCUT2D eigenvalue weighted by Gasteiger charge is -2.43. The van der Waals surface area contributed by atoms with Crippen LogP contribution in [0.2, 0.25) is 0 Å². The average Bonchev–Trinajstić information content (AvgIpc) is 3.06. The lowest BCUT2D eigenvalue weighted by atomic mass is 9.69. The number of aromatic amines is 1. The van der Waals surface area contributed by atoms with Crippen LogP contribution in [-0.4, -0.2) is 45.8 Å². The summed E-state index contributed by atoms with van der Waals surface area (Å²) in [4.78, 5) is 3.85. The van der Waals surface area contributed by atoms with Crippen LogP contribution in [-0.2, 0) is 16.8 Å². The molecule has 2 rings (SSSR count). The molecule has 0 aliphatic heterocycles. The number of ether oxygens (including phenoxy) is 1. The molecule has 1 aromatic carbocycles. The van der Waals surface area contributed by atoms with Crippen LogP contribution >= 0.6 is 0 Å². The van der Waals surface area contributed by atoms with E-state index in [1.807, 2.05) is 0 Å². The highest BCUT2D eigenvalue weighted by Crippen LogP contribution is 2.43. The zero-order valence-electron chi connectivity index (χ0n) is 15.0. The number of benzene rings is 1. The van der Waals surface area contributed by atoms with Crippen molar-refractivity contribution < 1.29 is 36.2 Å². The van der Waals surface area contributed by atoms with Gasteiger partial charge in [0.05, 0.1) is 6.61 Å². The van der Waals surface area contributed by atoms with E-state index in [-0.39, 0.29) is 17.8 Å². The minimum atomic E-state index is -4.37. The molecule has 0 radical (unpaired) electrons. The fourth-order valence-electron chi connectivity index (χ4n) is 2.71. The molecule has 1 heterocycles. The second-order valence-corrected chi connectivity index (χ2v) is 7.03. The largest absolute Gasteiger partial charge is 0.384 e. The molecule has 0 aliphatic carbocycles. The van der Waals surface area contributed by atoms with Gasteiger partial charge in [-0.15, -0.1) is 0 Å². The summed E-state index contributed by atoms with van der Waals surface area (Å²) < 4.78 is 83.2. The van der Waals surface area contributed by atoms with Crippen molar-refractivity contribution >= 4 is 0 Å². The minimum Gasteiger partial charge on any atom is -0.384 e. The summed E-state index contributed by atoms with van der Waals surface area (Å²) in [5.41, 5.74) is -3.93. The molecule has 2 N–H and O–H groups in total. The van der Waals surface area contributed by atoms with Gasteiger partial charge in [-0.05, 0) is 6.07 Å². The van der Waals surface area contributed by atoms with Gasteiger partial charge in [-0.1, -0.05) is 19.9 Å². The van der Waals surface area contributed by atoms with Gasteiger partial charge in [0.2, 0.25) is 0 Å². The summed E-state index contributed by atoms with van der Waals surface area (Å²) in [6.07, 6.45) is -3.13. The number of halogens is 6. The monoisotopic (exact) mass is 411 g/mol. The van der Waals surface area contributed by atoms with Crippen LogP contribution in [0, 0.1) is 17.0 Å². The molecular formula is C17H19F6N3O2. The Labute approximate surface area is 156 Å². The van der Waals surface area contributed by atoms with Crippen LogP contribution in [0.15, 0.2) is 24.5 Å². The normalized spacial score (nSPS) is 15.1. The fraction of sp³-hybridized carbons (Fsp3) is 0.529. The standard InChI is InChI=1S/C17H19F6N3O2/c1-15(2,7-28-8-17(22,23)14(20)21)16(27,6-13-24-9-25-26-13)11-4-3-10(18)5-12(11)19/h3-5,9,14,27H,6-8H2,1-2H3,(H,24,25,26). The van der Waals surface area contributed by atoms with E-state index in [9.17, 15) is 31.4 Å². The summed E-state index contributed by atoms with van der Waals surface area (Å²) in [6, 6.07) is 2.49. The maximum absolute atomic E-state index is 14.4. The molecule has 0 bridgehead atoms. The summed E-state index contributed by atoms with van der Waals surface area (Å²) in [6.45, 7) is 0.522. The third kappa shape index (κ3) is 4.64. The zero-order chi connectivity index (χ0) is 21.2. The van der Waals surface area contributed by atoms with Gasteiger partial charge in [-0.25, -0.2) is 22.5 Å². The van der Waals surface area contributed by atoms with Crippen molar-refractivity contribution in [1.82, 2.24) is 15.2 Å². The number of hydrogen-bond donors (Lipinski definition) is 2.